The van der Waals surface area contributed by atoms with E-state index in [1.54, 1.807) is 36.0 Å². The van der Waals surface area contributed by atoms with Crippen molar-refractivity contribution in [2.75, 3.05) is 24.6 Å². The Balaban J connectivity index is 1.46. The number of esters is 1. The first-order chi connectivity index (χ1) is 18.9. The van der Waals surface area contributed by atoms with Crippen LogP contribution in [0.3, 0.4) is 0 Å². The molecule has 1 aromatic heterocycles. The summed E-state index contributed by atoms with van der Waals surface area (Å²) in [7, 11) is 0. The molecule has 39 heavy (non-hydrogen) atoms. The standard InChI is InChI=1S/C28H27N7O4/c1-4-33(16-17-39-28(36)20(2)3)23-13-11-22(12-14-23)29-30-25-15-10-21(18-27(25)35(37)38)26-19-34(32-31-26)24-8-6-5-7-9-24/h5-15,18-19H,2,4,16-17H2,1,3H3. The van der Waals surface area contributed by atoms with Gasteiger partial charge in [0.05, 0.1) is 29.0 Å². The number of nitro benzene ring substituents is 1. The van der Waals surface area contributed by atoms with Crippen LogP contribution in [0.15, 0.2) is 101 Å². The lowest BCUT2D eigenvalue weighted by Crippen LogP contribution is -2.28. The zero-order valence-corrected chi connectivity index (χ0v) is 21.6. The van der Waals surface area contributed by atoms with E-state index < -0.39 is 10.9 Å². The molecule has 0 saturated heterocycles. The van der Waals surface area contributed by atoms with Gasteiger partial charge in [0.1, 0.15) is 12.3 Å². The van der Waals surface area contributed by atoms with Gasteiger partial charge in [0.25, 0.3) is 5.69 Å². The molecule has 0 spiro atoms. The van der Waals surface area contributed by atoms with Gasteiger partial charge in [0.15, 0.2) is 5.69 Å². The number of aromatic nitrogens is 3. The summed E-state index contributed by atoms with van der Waals surface area (Å²) in [6.07, 6.45) is 1.71. The summed E-state index contributed by atoms with van der Waals surface area (Å²) >= 11 is 0. The van der Waals surface area contributed by atoms with Crippen molar-refractivity contribution in [2.45, 2.75) is 13.8 Å². The van der Waals surface area contributed by atoms with Crippen LogP contribution in [0.2, 0.25) is 0 Å². The Morgan fingerprint density at radius 3 is 2.51 bits per heavy atom. The average molecular weight is 526 g/mol. The highest BCUT2D eigenvalue weighted by molar-refractivity contribution is 5.86. The second kappa shape index (κ2) is 12.4. The number of likely N-dealkylation sites (N-methyl/N-ethyl adjacent to an activating group) is 1. The first-order valence-electron chi connectivity index (χ1n) is 12.2. The molecule has 0 fully saturated rings. The van der Waals surface area contributed by atoms with E-state index in [0.29, 0.717) is 35.6 Å². The Kier molecular flexibility index (Phi) is 8.52. The van der Waals surface area contributed by atoms with Gasteiger partial charge in [0, 0.05) is 29.4 Å². The minimum absolute atomic E-state index is 0.123. The molecule has 4 rings (SSSR count). The van der Waals surface area contributed by atoms with Gasteiger partial charge < -0.3 is 9.64 Å². The Hall–Kier alpha value is -5.19. The molecule has 1 heterocycles. The number of para-hydroxylation sites is 1. The van der Waals surface area contributed by atoms with E-state index in [9.17, 15) is 14.9 Å². The molecule has 3 aromatic carbocycles. The Morgan fingerprint density at radius 2 is 1.85 bits per heavy atom. The van der Waals surface area contributed by atoms with E-state index in [1.165, 1.54) is 12.1 Å². The minimum Gasteiger partial charge on any atom is -0.460 e. The van der Waals surface area contributed by atoms with Crippen LogP contribution in [-0.2, 0) is 9.53 Å². The largest absolute Gasteiger partial charge is 0.460 e. The number of nitrogens with zero attached hydrogens (tertiary/aromatic N) is 7. The van der Waals surface area contributed by atoms with Crippen LogP contribution in [0.1, 0.15) is 13.8 Å². The summed E-state index contributed by atoms with van der Waals surface area (Å²) in [6.45, 7) is 8.65. The molecule has 0 amide bonds. The van der Waals surface area contributed by atoms with Gasteiger partial charge in [-0.25, -0.2) is 9.48 Å². The van der Waals surface area contributed by atoms with Gasteiger partial charge >= 0.3 is 5.97 Å². The highest BCUT2D eigenvalue weighted by atomic mass is 16.6. The second-order valence-electron chi connectivity index (χ2n) is 8.56. The first kappa shape index (κ1) is 26.9. The smallest absolute Gasteiger partial charge is 0.333 e. The molecule has 0 aliphatic rings. The van der Waals surface area contributed by atoms with Gasteiger partial charge in [-0.15, -0.1) is 10.2 Å². The highest BCUT2D eigenvalue weighted by Gasteiger charge is 2.17. The van der Waals surface area contributed by atoms with Crippen molar-refractivity contribution in [1.82, 2.24) is 15.0 Å². The average Bonchev–Trinajstić information content (AvgIpc) is 3.45. The van der Waals surface area contributed by atoms with Crippen molar-refractivity contribution in [3.63, 3.8) is 0 Å². The van der Waals surface area contributed by atoms with E-state index >= 15 is 0 Å². The molecule has 0 radical (unpaired) electrons. The predicted octanol–water partition coefficient (Wildman–Crippen LogP) is 6.20. The topological polar surface area (TPSA) is 128 Å². The zero-order chi connectivity index (χ0) is 27.8. The summed E-state index contributed by atoms with van der Waals surface area (Å²) in [5.74, 6) is -0.414. The van der Waals surface area contributed by atoms with Crippen molar-refractivity contribution in [2.24, 2.45) is 10.2 Å². The molecule has 0 saturated carbocycles. The fourth-order valence-electron chi connectivity index (χ4n) is 3.70. The molecule has 198 valence electrons. The van der Waals surface area contributed by atoms with Crippen molar-refractivity contribution in [3.8, 4) is 16.9 Å². The van der Waals surface area contributed by atoms with Gasteiger partial charge in [-0.1, -0.05) is 30.0 Å². The lowest BCUT2D eigenvalue weighted by Gasteiger charge is -2.22. The molecule has 0 bridgehead atoms. The minimum atomic E-state index is -0.498. The van der Waals surface area contributed by atoms with Crippen molar-refractivity contribution < 1.29 is 14.5 Å². The molecule has 4 aromatic rings. The first-order valence-corrected chi connectivity index (χ1v) is 12.2. The van der Waals surface area contributed by atoms with Crippen molar-refractivity contribution in [3.05, 3.63) is 101 Å². The van der Waals surface area contributed by atoms with Crippen LogP contribution < -0.4 is 4.90 Å². The molecule has 0 atom stereocenters. The molecule has 0 N–H and O–H groups in total. The van der Waals surface area contributed by atoms with Gasteiger partial charge in [-0.3, -0.25) is 10.1 Å². The maximum Gasteiger partial charge on any atom is 0.333 e. The number of hydrogen-bond acceptors (Lipinski definition) is 9. The highest BCUT2D eigenvalue weighted by Crippen LogP contribution is 2.33. The summed E-state index contributed by atoms with van der Waals surface area (Å²) in [5.41, 5.74) is 3.61. The van der Waals surface area contributed by atoms with Crippen LogP contribution in [0.4, 0.5) is 22.7 Å². The van der Waals surface area contributed by atoms with Gasteiger partial charge in [0.2, 0.25) is 0 Å². The zero-order valence-electron chi connectivity index (χ0n) is 21.6. The number of azo groups is 1. The monoisotopic (exact) mass is 525 g/mol. The van der Waals surface area contributed by atoms with Crippen LogP contribution in [0, 0.1) is 10.1 Å². The number of anilines is 1. The van der Waals surface area contributed by atoms with E-state index in [2.05, 4.69) is 27.1 Å². The maximum atomic E-state index is 11.8. The second-order valence-corrected chi connectivity index (χ2v) is 8.56. The number of carbonyl (C=O) groups excluding carboxylic acids is 1. The number of hydrogen-bond donors (Lipinski definition) is 0. The van der Waals surface area contributed by atoms with Crippen molar-refractivity contribution in [1.29, 1.82) is 0 Å². The Bertz CT molecular complexity index is 1500. The lowest BCUT2D eigenvalue weighted by molar-refractivity contribution is -0.384. The molecular formula is C28H27N7O4. The fraction of sp³-hybridized carbons (Fsp3) is 0.179. The summed E-state index contributed by atoms with van der Waals surface area (Å²) < 4.78 is 6.78. The van der Waals surface area contributed by atoms with Crippen molar-refractivity contribution >= 4 is 28.7 Å². The number of benzene rings is 3. The van der Waals surface area contributed by atoms with E-state index in [0.717, 1.165) is 11.4 Å². The Morgan fingerprint density at radius 1 is 1.10 bits per heavy atom. The number of carbonyl (C=O) groups is 1. The summed E-state index contributed by atoms with van der Waals surface area (Å²) in [5, 5.41) is 28.4. The van der Waals surface area contributed by atoms with Crippen LogP contribution in [0.5, 0.6) is 0 Å². The molecule has 0 aliphatic carbocycles. The molecule has 11 heteroatoms. The normalized spacial score (nSPS) is 10.9. The lowest BCUT2D eigenvalue weighted by atomic mass is 10.1. The molecular weight excluding hydrogens is 498 g/mol. The van der Waals surface area contributed by atoms with Crippen LogP contribution in [0.25, 0.3) is 16.9 Å². The molecule has 0 aliphatic heterocycles. The van der Waals surface area contributed by atoms with Gasteiger partial charge in [-0.2, -0.15) is 5.11 Å². The summed E-state index contributed by atoms with van der Waals surface area (Å²) in [4.78, 5) is 24.9. The van der Waals surface area contributed by atoms with Crippen LogP contribution in [-0.4, -0.2) is 45.6 Å². The number of rotatable bonds is 11. The SMILES string of the molecule is C=C(C)C(=O)OCCN(CC)c1ccc(N=Nc2ccc(-c3cn(-c4ccccc4)nn3)cc2[N+](=O)[O-])cc1. The maximum absolute atomic E-state index is 11.8. The van der Waals surface area contributed by atoms with E-state index in [1.807, 2.05) is 54.3 Å². The summed E-state index contributed by atoms with van der Waals surface area (Å²) in [6, 6.07) is 21.4. The van der Waals surface area contributed by atoms with Gasteiger partial charge in [-0.05, 0) is 62.4 Å². The van der Waals surface area contributed by atoms with E-state index in [-0.39, 0.29) is 18.0 Å². The van der Waals surface area contributed by atoms with Crippen LogP contribution >= 0.6 is 0 Å². The quantitative estimate of drug-likeness (QED) is 0.0749. The third kappa shape index (κ3) is 6.77. The third-order valence-electron chi connectivity index (χ3n) is 5.79. The number of nitro groups is 1. The third-order valence-corrected chi connectivity index (χ3v) is 5.79. The van der Waals surface area contributed by atoms with E-state index in [4.69, 9.17) is 4.74 Å². The fourth-order valence-corrected chi connectivity index (χ4v) is 3.70. The number of ether oxygens (including phenoxy) is 1. The molecule has 11 nitrogen and oxygen atoms in total. The Labute approximate surface area is 225 Å². The molecule has 0 unspecified atom stereocenters. The predicted molar refractivity (Wildman–Crippen MR) is 148 cm³/mol.